The van der Waals surface area contributed by atoms with Crippen LogP contribution in [0, 0.1) is 0 Å². The Hall–Kier alpha value is -0.700. The van der Waals surface area contributed by atoms with E-state index in [1.54, 1.807) is 10.5 Å². The molecule has 0 bridgehead atoms. The molecule has 0 N–H and O–H groups in total. The molecule has 0 radical (unpaired) electrons. The Bertz CT molecular complexity index is 174. The van der Waals surface area contributed by atoms with Crippen LogP contribution >= 0.6 is 12.8 Å². The number of thiol groups is 1. The van der Waals surface area contributed by atoms with Gasteiger partial charge in [0.2, 0.25) is 0 Å². The van der Waals surface area contributed by atoms with Gasteiger partial charge >= 0.3 is 0 Å². The normalized spacial score (nSPS) is 9.11. The number of nitrogens with zero attached hydrogens (tertiary/aromatic N) is 2. The minimum absolute atomic E-state index is 0.862. The first-order valence-electron chi connectivity index (χ1n) is 2.64. The van der Waals surface area contributed by atoms with Crippen molar-refractivity contribution in [3.8, 4) is 0 Å². The van der Waals surface area contributed by atoms with Crippen LogP contribution in [0.2, 0.25) is 0 Å². The first-order chi connectivity index (χ1) is 4.30. The van der Waals surface area contributed by atoms with E-state index in [1.807, 2.05) is 25.2 Å². The predicted octanol–water partition coefficient (Wildman–Crippen LogP) is 1.36. The van der Waals surface area contributed by atoms with Gasteiger partial charge in [-0.2, -0.15) is 0 Å². The molecule has 0 atom stereocenters. The topological polar surface area (TPSA) is 16.1 Å². The summed E-state index contributed by atoms with van der Waals surface area (Å²) in [6.07, 6.45) is 1.74. The van der Waals surface area contributed by atoms with Crippen LogP contribution in [0.4, 0.5) is 5.82 Å². The molecule has 1 aromatic rings. The molecule has 1 aromatic heterocycles. The van der Waals surface area contributed by atoms with E-state index in [1.165, 1.54) is 0 Å². The van der Waals surface area contributed by atoms with Crippen LogP contribution < -0.4 is 4.31 Å². The van der Waals surface area contributed by atoms with Crippen molar-refractivity contribution in [2.75, 3.05) is 11.4 Å². The van der Waals surface area contributed by atoms with Gasteiger partial charge in [0.1, 0.15) is 5.82 Å². The molecule has 9 heavy (non-hydrogen) atoms. The van der Waals surface area contributed by atoms with E-state index < -0.39 is 0 Å². The van der Waals surface area contributed by atoms with Gasteiger partial charge in [0.15, 0.2) is 0 Å². The fourth-order valence-corrected chi connectivity index (χ4v) is 0.663. The van der Waals surface area contributed by atoms with E-state index in [0.717, 1.165) is 5.82 Å². The zero-order chi connectivity index (χ0) is 6.69. The van der Waals surface area contributed by atoms with E-state index in [0.29, 0.717) is 0 Å². The Morgan fingerprint density at radius 1 is 1.56 bits per heavy atom. The first kappa shape index (κ1) is 6.42. The van der Waals surface area contributed by atoms with Gasteiger partial charge in [-0.15, -0.1) is 0 Å². The molecule has 0 spiro atoms. The van der Waals surface area contributed by atoms with Crippen LogP contribution in [0.25, 0.3) is 0 Å². The average molecular weight is 140 g/mol. The highest BCUT2D eigenvalue weighted by Crippen LogP contribution is 2.06. The first-order valence-corrected chi connectivity index (χ1v) is 3.04. The molecule has 1 heterocycles. The summed E-state index contributed by atoms with van der Waals surface area (Å²) in [6.45, 7) is 0. The van der Waals surface area contributed by atoms with E-state index in [2.05, 4.69) is 17.8 Å². The number of hydrogen-bond acceptors (Lipinski definition) is 3. The number of pyridine rings is 1. The van der Waals surface area contributed by atoms with E-state index in [9.17, 15) is 0 Å². The zero-order valence-corrected chi connectivity index (χ0v) is 6.05. The van der Waals surface area contributed by atoms with Gasteiger partial charge in [-0.05, 0) is 12.1 Å². The lowest BCUT2D eigenvalue weighted by molar-refractivity contribution is 1.22. The molecule has 0 aromatic carbocycles. The van der Waals surface area contributed by atoms with E-state index in [4.69, 9.17) is 0 Å². The number of rotatable bonds is 1. The number of hydrogen-bond donors (Lipinski definition) is 1. The fraction of sp³-hybridized carbons (Fsp3) is 0.167. The molecule has 0 amide bonds. The summed E-state index contributed by atoms with van der Waals surface area (Å²) in [5.41, 5.74) is 0. The summed E-state index contributed by atoms with van der Waals surface area (Å²) >= 11 is 4.06. The molecule has 0 saturated carbocycles. The lowest BCUT2D eigenvalue weighted by Gasteiger charge is -2.06. The van der Waals surface area contributed by atoms with Gasteiger partial charge in [0.05, 0.1) is 0 Å². The maximum Gasteiger partial charge on any atom is 0.137 e. The fourth-order valence-electron chi connectivity index (χ4n) is 0.545. The second-order valence-electron chi connectivity index (χ2n) is 1.71. The largest absolute Gasteiger partial charge is 0.306 e. The monoisotopic (exact) mass is 140 g/mol. The van der Waals surface area contributed by atoms with Crippen molar-refractivity contribution in [1.82, 2.24) is 4.98 Å². The second kappa shape index (κ2) is 2.73. The predicted molar refractivity (Wildman–Crippen MR) is 41.6 cm³/mol. The molecular weight excluding hydrogens is 132 g/mol. The quantitative estimate of drug-likeness (QED) is 0.593. The van der Waals surface area contributed by atoms with Gasteiger partial charge in [-0.1, -0.05) is 18.9 Å². The van der Waals surface area contributed by atoms with Crippen LogP contribution in [0.15, 0.2) is 24.4 Å². The SMILES string of the molecule is CN(S)c1ccccn1. The highest BCUT2D eigenvalue weighted by Gasteiger charge is 1.90. The lowest BCUT2D eigenvalue weighted by atomic mass is 10.5. The summed E-state index contributed by atoms with van der Waals surface area (Å²) in [5, 5.41) is 0. The van der Waals surface area contributed by atoms with Crippen molar-refractivity contribution in [2.24, 2.45) is 0 Å². The summed E-state index contributed by atoms with van der Waals surface area (Å²) in [4.78, 5) is 4.03. The highest BCUT2D eigenvalue weighted by molar-refractivity contribution is 7.81. The molecule has 0 unspecified atom stereocenters. The van der Waals surface area contributed by atoms with Crippen molar-refractivity contribution in [3.05, 3.63) is 24.4 Å². The van der Waals surface area contributed by atoms with Gasteiger partial charge in [-0.3, -0.25) is 0 Å². The number of aromatic nitrogens is 1. The summed E-state index contributed by atoms with van der Waals surface area (Å²) in [5.74, 6) is 0.862. The molecular formula is C6H8N2S. The average Bonchev–Trinajstić information content (AvgIpc) is 1.90. The van der Waals surface area contributed by atoms with Gasteiger partial charge in [0.25, 0.3) is 0 Å². The van der Waals surface area contributed by atoms with Crippen molar-refractivity contribution in [1.29, 1.82) is 0 Å². The molecule has 0 aliphatic rings. The Morgan fingerprint density at radius 2 is 2.33 bits per heavy atom. The third kappa shape index (κ3) is 1.61. The third-order valence-electron chi connectivity index (χ3n) is 0.981. The molecule has 3 heteroatoms. The van der Waals surface area contributed by atoms with Crippen LogP contribution in [-0.2, 0) is 0 Å². The van der Waals surface area contributed by atoms with Crippen molar-refractivity contribution in [2.45, 2.75) is 0 Å². The Kier molecular flexibility index (Phi) is 1.95. The summed E-state index contributed by atoms with van der Waals surface area (Å²) in [7, 11) is 1.84. The highest BCUT2D eigenvalue weighted by atomic mass is 32.1. The zero-order valence-electron chi connectivity index (χ0n) is 5.15. The molecule has 0 aliphatic heterocycles. The van der Waals surface area contributed by atoms with Crippen molar-refractivity contribution >= 4 is 18.6 Å². The standard InChI is InChI=1S/C6H8N2S/c1-8(9)6-4-2-3-5-7-6/h2-5,9H,1H3. The van der Waals surface area contributed by atoms with Gasteiger partial charge in [0, 0.05) is 13.2 Å². The molecule has 0 saturated heterocycles. The molecule has 1 rings (SSSR count). The summed E-state index contributed by atoms with van der Waals surface area (Å²) in [6, 6.07) is 5.70. The smallest absolute Gasteiger partial charge is 0.137 e. The molecule has 48 valence electrons. The summed E-state index contributed by atoms with van der Waals surface area (Å²) < 4.78 is 1.67. The Morgan fingerprint density at radius 3 is 2.67 bits per heavy atom. The van der Waals surface area contributed by atoms with Crippen LogP contribution in [-0.4, -0.2) is 12.0 Å². The van der Waals surface area contributed by atoms with E-state index >= 15 is 0 Å². The van der Waals surface area contributed by atoms with Crippen molar-refractivity contribution < 1.29 is 0 Å². The molecule has 0 fully saturated rings. The Labute approximate surface area is 60.1 Å². The molecule has 2 nitrogen and oxygen atoms in total. The van der Waals surface area contributed by atoms with Crippen LogP contribution in [0.1, 0.15) is 0 Å². The maximum absolute atomic E-state index is 4.06. The second-order valence-corrected chi connectivity index (χ2v) is 2.31. The molecule has 0 aliphatic carbocycles. The Balaban J connectivity index is 2.85. The van der Waals surface area contributed by atoms with Crippen LogP contribution in [0.5, 0.6) is 0 Å². The van der Waals surface area contributed by atoms with E-state index in [-0.39, 0.29) is 0 Å². The maximum atomic E-state index is 4.06. The van der Waals surface area contributed by atoms with Crippen LogP contribution in [0.3, 0.4) is 0 Å². The van der Waals surface area contributed by atoms with Gasteiger partial charge < -0.3 is 4.31 Å². The van der Waals surface area contributed by atoms with Crippen molar-refractivity contribution in [3.63, 3.8) is 0 Å². The lowest BCUT2D eigenvalue weighted by Crippen LogP contribution is -2.01. The minimum Gasteiger partial charge on any atom is -0.306 e. The minimum atomic E-state index is 0.862. The third-order valence-corrected chi connectivity index (χ3v) is 1.19. The number of anilines is 1. The van der Waals surface area contributed by atoms with Gasteiger partial charge in [-0.25, -0.2) is 4.98 Å².